The molecule has 0 radical (unpaired) electrons. The maximum atomic E-state index is 6.17. The van der Waals surface area contributed by atoms with Gasteiger partial charge in [0.15, 0.2) is 0 Å². The smallest absolute Gasteiger partial charge is 0.0659 e. The first-order chi connectivity index (χ1) is 10.3. The van der Waals surface area contributed by atoms with Crippen molar-refractivity contribution in [2.24, 2.45) is 5.73 Å². The summed E-state index contributed by atoms with van der Waals surface area (Å²) in [5.41, 5.74) is 8.74. The van der Waals surface area contributed by atoms with Crippen LogP contribution in [0.25, 0.3) is 0 Å². The van der Waals surface area contributed by atoms with Crippen molar-refractivity contribution >= 4 is 0 Å². The van der Waals surface area contributed by atoms with Crippen LogP contribution in [0.4, 0.5) is 0 Å². The lowest BCUT2D eigenvalue weighted by atomic mass is 10.0. The minimum absolute atomic E-state index is 0.000711. The van der Waals surface area contributed by atoms with Gasteiger partial charge in [-0.3, -0.25) is 0 Å². The lowest BCUT2D eigenvalue weighted by Gasteiger charge is -2.13. The van der Waals surface area contributed by atoms with Gasteiger partial charge in [0.1, 0.15) is 0 Å². The van der Waals surface area contributed by atoms with Crippen LogP contribution in [-0.2, 0) is 11.2 Å². The van der Waals surface area contributed by atoms with E-state index in [2.05, 4.69) is 38.1 Å². The highest BCUT2D eigenvalue weighted by atomic mass is 16.5. The Morgan fingerprint density at radius 2 is 1.57 bits per heavy atom. The van der Waals surface area contributed by atoms with Gasteiger partial charge in [-0.25, -0.2) is 0 Å². The number of nitrogens with two attached hydrogens (primary N) is 1. The summed E-state index contributed by atoms with van der Waals surface area (Å²) in [4.78, 5) is 0. The standard InChI is InChI=1S/C19H33NO/c1-3-5-6-7-8-9-15-21-16-19(20)18-13-11-17(10-4-2)12-14-18/h11-14,19H,3-10,15-16,20H2,1-2H3. The molecule has 0 aromatic heterocycles. The zero-order valence-corrected chi connectivity index (χ0v) is 13.9. The molecule has 0 spiro atoms. The summed E-state index contributed by atoms with van der Waals surface area (Å²) in [5, 5.41) is 0. The molecule has 21 heavy (non-hydrogen) atoms. The molecular formula is C19H33NO. The number of hydrogen-bond donors (Lipinski definition) is 1. The molecule has 2 N–H and O–H groups in total. The van der Waals surface area contributed by atoms with Crippen LogP contribution in [0.1, 0.15) is 76.0 Å². The molecule has 0 aliphatic rings. The average Bonchev–Trinajstić information content (AvgIpc) is 2.51. The Morgan fingerprint density at radius 3 is 2.24 bits per heavy atom. The van der Waals surface area contributed by atoms with E-state index in [0.717, 1.165) is 19.4 Å². The quantitative estimate of drug-likeness (QED) is 0.549. The molecule has 0 heterocycles. The zero-order valence-electron chi connectivity index (χ0n) is 13.9. The second kappa shape index (κ2) is 11.8. The third kappa shape index (κ3) is 8.23. The summed E-state index contributed by atoms with van der Waals surface area (Å²) in [6, 6.07) is 8.66. The van der Waals surface area contributed by atoms with Gasteiger partial charge in [0.05, 0.1) is 12.6 Å². The molecule has 0 saturated heterocycles. The minimum Gasteiger partial charge on any atom is -0.379 e. The predicted molar refractivity (Wildman–Crippen MR) is 91.6 cm³/mol. The Bertz CT molecular complexity index is 347. The summed E-state index contributed by atoms with van der Waals surface area (Å²) in [6.45, 7) is 5.92. The molecule has 0 aliphatic carbocycles. The lowest BCUT2D eigenvalue weighted by Crippen LogP contribution is -2.17. The van der Waals surface area contributed by atoms with E-state index in [1.54, 1.807) is 0 Å². The first-order valence-corrected chi connectivity index (χ1v) is 8.70. The summed E-state index contributed by atoms with van der Waals surface area (Å²) < 4.78 is 5.71. The molecule has 1 atom stereocenters. The highest BCUT2D eigenvalue weighted by Crippen LogP contribution is 2.13. The number of ether oxygens (including phenoxy) is 1. The second-order valence-corrected chi connectivity index (χ2v) is 5.94. The monoisotopic (exact) mass is 291 g/mol. The fourth-order valence-electron chi connectivity index (χ4n) is 2.51. The molecule has 0 saturated carbocycles. The molecule has 120 valence electrons. The van der Waals surface area contributed by atoms with Gasteiger partial charge in [0, 0.05) is 6.61 Å². The van der Waals surface area contributed by atoms with Gasteiger partial charge >= 0.3 is 0 Å². The van der Waals surface area contributed by atoms with Gasteiger partial charge in [-0.05, 0) is 24.0 Å². The van der Waals surface area contributed by atoms with Gasteiger partial charge in [0.2, 0.25) is 0 Å². The highest BCUT2D eigenvalue weighted by Gasteiger charge is 2.05. The van der Waals surface area contributed by atoms with Gasteiger partial charge in [-0.15, -0.1) is 0 Å². The van der Waals surface area contributed by atoms with E-state index >= 15 is 0 Å². The molecule has 1 rings (SSSR count). The summed E-state index contributed by atoms with van der Waals surface area (Å²) >= 11 is 0. The van der Waals surface area contributed by atoms with Crippen molar-refractivity contribution in [3.05, 3.63) is 35.4 Å². The fourth-order valence-corrected chi connectivity index (χ4v) is 2.51. The Hall–Kier alpha value is -0.860. The number of aryl methyl sites for hydroxylation is 1. The first kappa shape index (κ1) is 18.2. The maximum Gasteiger partial charge on any atom is 0.0659 e. The number of hydrogen-bond acceptors (Lipinski definition) is 2. The Morgan fingerprint density at radius 1 is 0.905 bits per heavy atom. The van der Waals surface area contributed by atoms with Gasteiger partial charge in [-0.2, -0.15) is 0 Å². The van der Waals surface area contributed by atoms with Crippen LogP contribution in [-0.4, -0.2) is 13.2 Å². The SMILES string of the molecule is CCCCCCCCOCC(N)c1ccc(CCC)cc1. The molecule has 1 aromatic carbocycles. The van der Waals surface area contributed by atoms with E-state index in [1.807, 2.05) is 0 Å². The Kier molecular flexibility index (Phi) is 10.2. The topological polar surface area (TPSA) is 35.2 Å². The van der Waals surface area contributed by atoms with Crippen LogP contribution in [0, 0.1) is 0 Å². The molecule has 0 fully saturated rings. The molecule has 0 bridgehead atoms. The van der Waals surface area contributed by atoms with E-state index in [1.165, 1.54) is 49.7 Å². The third-order valence-corrected chi connectivity index (χ3v) is 3.89. The highest BCUT2D eigenvalue weighted by molar-refractivity contribution is 5.24. The van der Waals surface area contributed by atoms with E-state index in [4.69, 9.17) is 10.5 Å². The van der Waals surface area contributed by atoms with Gasteiger partial charge in [-0.1, -0.05) is 76.6 Å². The minimum atomic E-state index is 0.000711. The molecule has 1 unspecified atom stereocenters. The van der Waals surface area contributed by atoms with Crippen molar-refractivity contribution in [2.45, 2.75) is 71.3 Å². The largest absolute Gasteiger partial charge is 0.379 e. The normalized spacial score (nSPS) is 12.5. The maximum absolute atomic E-state index is 6.17. The van der Waals surface area contributed by atoms with Crippen LogP contribution in [0.5, 0.6) is 0 Å². The van der Waals surface area contributed by atoms with E-state index in [9.17, 15) is 0 Å². The molecule has 0 amide bonds. The average molecular weight is 291 g/mol. The summed E-state index contributed by atoms with van der Waals surface area (Å²) in [7, 11) is 0. The van der Waals surface area contributed by atoms with E-state index in [-0.39, 0.29) is 6.04 Å². The van der Waals surface area contributed by atoms with Gasteiger partial charge < -0.3 is 10.5 Å². The number of benzene rings is 1. The predicted octanol–water partition coefficient (Wildman–Crippen LogP) is 5.02. The van der Waals surface area contributed by atoms with Crippen LogP contribution in [0.15, 0.2) is 24.3 Å². The van der Waals surface area contributed by atoms with Crippen LogP contribution >= 0.6 is 0 Å². The Labute approximate surface area is 131 Å². The fraction of sp³-hybridized carbons (Fsp3) is 0.684. The van der Waals surface area contributed by atoms with Crippen molar-refractivity contribution in [1.29, 1.82) is 0 Å². The molecule has 2 nitrogen and oxygen atoms in total. The van der Waals surface area contributed by atoms with Gasteiger partial charge in [0.25, 0.3) is 0 Å². The number of unbranched alkanes of at least 4 members (excludes halogenated alkanes) is 5. The second-order valence-electron chi connectivity index (χ2n) is 5.94. The summed E-state index contributed by atoms with van der Waals surface area (Å²) in [6.07, 6.45) is 10.1. The summed E-state index contributed by atoms with van der Waals surface area (Å²) in [5.74, 6) is 0. The molecule has 1 aromatic rings. The van der Waals surface area contributed by atoms with Crippen molar-refractivity contribution in [2.75, 3.05) is 13.2 Å². The number of rotatable bonds is 12. The van der Waals surface area contributed by atoms with Crippen molar-refractivity contribution < 1.29 is 4.74 Å². The van der Waals surface area contributed by atoms with Crippen LogP contribution in [0.2, 0.25) is 0 Å². The van der Waals surface area contributed by atoms with Crippen LogP contribution in [0.3, 0.4) is 0 Å². The van der Waals surface area contributed by atoms with E-state index < -0.39 is 0 Å². The Balaban J connectivity index is 2.11. The van der Waals surface area contributed by atoms with Crippen LogP contribution < -0.4 is 5.73 Å². The lowest BCUT2D eigenvalue weighted by molar-refractivity contribution is 0.117. The molecular weight excluding hydrogens is 258 g/mol. The van der Waals surface area contributed by atoms with Crippen molar-refractivity contribution in [3.8, 4) is 0 Å². The zero-order chi connectivity index (χ0) is 15.3. The molecule has 2 heteroatoms. The van der Waals surface area contributed by atoms with Crippen molar-refractivity contribution in [3.63, 3.8) is 0 Å². The van der Waals surface area contributed by atoms with E-state index in [0.29, 0.717) is 6.61 Å². The first-order valence-electron chi connectivity index (χ1n) is 8.70. The molecule has 0 aliphatic heterocycles. The third-order valence-electron chi connectivity index (χ3n) is 3.89. The van der Waals surface area contributed by atoms with Crippen molar-refractivity contribution in [1.82, 2.24) is 0 Å².